The molecule has 0 aliphatic carbocycles. The van der Waals surface area contributed by atoms with Gasteiger partial charge in [0.05, 0.1) is 6.04 Å². The van der Waals surface area contributed by atoms with Gasteiger partial charge in [-0.15, -0.1) is 0 Å². The van der Waals surface area contributed by atoms with Gasteiger partial charge in [-0.1, -0.05) is 6.92 Å². The van der Waals surface area contributed by atoms with Gasteiger partial charge in [-0.25, -0.2) is 4.79 Å². The first-order valence-electron chi connectivity index (χ1n) is 4.74. The van der Waals surface area contributed by atoms with Gasteiger partial charge in [0, 0.05) is 5.54 Å². The molecule has 4 heteroatoms. The van der Waals surface area contributed by atoms with Gasteiger partial charge < -0.3 is 5.11 Å². The second-order valence-corrected chi connectivity index (χ2v) is 4.36. The van der Waals surface area contributed by atoms with Crippen LogP contribution in [0.25, 0.3) is 0 Å². The van der Waals surface area contributed by atoms with Crippen molar-refractivity contribution in [3.8, 4) is 0 Å². The van der Waals surface area contributed by atoms with Crippen LogP contribution in [-0.2, 0) is 4.79 Å². The minimum atomic E-state index is -1.04. The van der Waals surface area contributed by atoms with Crippen LogP contribution in [0, 0.1) is 0 Å². The first kappa shape index (κ1) is 12.9. The Hall–Kier alpha value is -1.06. The van der Waals surface area contributed by atoms with Gasteiger partial charge in [0.1, 0.15) is 0 Å². The normalized spacial score (nSPS) is 13.5. The van der Waals surface area contributed by atoms with E-state index in [9.17, 15) is 9.59 Å². The number of hydrogen-bond donors (Lipinski definition) is 1. The molecular weight excluding hydrogens is 182 g/mol. The van der Waals surface area contributed by atoms with Crippen molar-refractivity contribution in [1.82, 2.24) is 4.90 Å². The van der Waals surface area contributed by atoms with E-state index in [1.165, 1.54) is 11.8 Å². The summed E-state index contributed by atoms with van der Waals surface area (Å²) in [6.45, 7) is 8.59. The first-order valence-corrected chi connectivity index (χ1v) is 4.74. The molecule has 0 rings (SSSR count). The zero-order chi connectivity index (χ0) is 11.5. The van der Waals surface area contributed by atoms with E-state index in [0.717, 1.165) is 0 Å². The molecule has 0 spiro atoms. The summed E-state index contributed by atoms with van der Waals surface area (Å²) in [6.07, 6.45) is -0.529. The maximum absolute atomic E-state index is 11.3. The third-order valence-electron chi connectivity index (χ3n) is 2.10. The molecular formula is C10H19NO3. The second kappa shape index (κ2) is 4.44. The molecule has 82 valence electrons. The van der Waals surface area contributed by atoms with E-state index in [1.807, 2.05) is 6.92 Å². The largest absolute Gasteiger partial charge is 0.465 e. The molecule has 14 heavy (non-hydrogen) atoms. The second-order valence-electron chi connectivity index (χ2n) is 4.36. The van der Waals surface area contributed by atoms with Crippen molar-refractivity contribution in [2.75, 3.05) is 0 Å². The van der Waals surface area contributed by atoms with Crippen LogP contribution in [0.1, 0.15) is 41.0 Å². The fraction of sp³-hybridized carbons (Fsp3) is 0.800. The summed E-state index contributed by atoms with van der Waals surface area (Å²) < 4.78 is 0. The standard InChI is InChI=1S/C10H19NO3/c1-6-8(7(2)12)11(9(13)14)10(3,4)5/h8H,6H2,1-5H3,(H,13,14). The van der Waals surface area contributed by atoms with Crippen molar-refractivity contribution in [3.05, 3.63) is 0 Å². The van der Waals surface area contributed by atoms with E-state index in [4.69, 9.17) is 5.11 Å². The van der Waals surface area contributed by atoms with Crippen molar-refractivity contribution in [1.29, 1.82) is 0 Å². The Balaban J connectivity index is 4.99. The third kappa shape index (κ3) is 3.01. The average Bonchev–Trinajstić information content (AvgIpc) is 1.95. The molecule has 0 bridgehead atoms. The number of hydrogen-bond acceptors (Lipinski definition) is 2. The lowest BCUT2D eigenvalue weighted by Crippen LogP contribution is -2.53. The van der Waals surface area contributed by atoms with E-state index in [2.05, 4.69) is 0 Å². The summed E-state index contributed by atoms with van der Waals surface area (Å²) in [6, 6.07) is -0.535. The van der Waals surface area contributed by atoms with Gasteiger partial charge in [-0.3, -0.25) is 9.69 Å². The topological polar surface area (TPSA) is 57.6 Å². The van der Waals surface area contributed by atoms with Crippen LogP contribution in [0.15, 0.2) is 0 Å². The van der Waals surface area contributed by atoms with Crippen LogP contribution in [0.5, 0.6) is 0 Å². The lowest BCUT2D eigenvalue weighted by Gasteiger charge is -2.38. The Kier molecular flexibility index (Phi) is 4.10. The zero-order valence-corrected chi connectivity index (χ0v) is 9.50. The minimum Gasteiger partial charge on any atom is -0.465 e. The molecule has 4 nitrogen and oxygen atoms in total. The molecule has 0 aromatic carbocycles. The van der Waals surface area contributed by atoms with Crippen LogP contribution < -0.4 is 0 Å². The Morgan fingerprint density at radius 1 is 1.36 bits per heavy atom. The Bertz CT molecular complexity index is 230. The summed E-state index contributed by atoms with van der Waals surface area (Å²) >= 11 is 0. The van der Waals surface area contributed by atoms with Crippen LogP contribution >= 0.6 is 0 Å². The fourth-order valence-electron chi connectivity index (χ4n) is 1.54. The highest BCUT2D eigenvalue weighted by Crippen LogP contribution is 2.19. The molecule has 0 fully saturated rings. The molecule has 0 saturated heterocycles. The highest BCUT2D eigenvalue weighted by atomic mass is 16.4. The van der Waals surface area contributed by atoms with Crippen LogP contribution in [0.3, 0.4) is 0 Å². The van der Waals surface area contributed by atoms with Gasteiger partial charge in [0.2, 0.25) is 0 Å². The van der Waals surface area contributed by atoms with Crippen LogP contribution in [0.4, 0.5) is 4.79 Å². The molecule has 0 heterocycles. The molecule has 0 aliphatic rings. The summed E-state index contributed by atoms with van der Waals surface area (Å²) in [5, 5.41) is 9.03. The molecule has 1 N–H and O–H groups in total. The van der Waals surface area contributed by atoms with Gasteiger partial charge in [-0.2, -0.15) is 0 Å². The van der Waals surface area contributed by atoms with Crippen LogP contribution in [0.2, 0.25) is 0 Å². The maximum Gasteiger partial charge on any atom is 0.408 e. The van der Waals surface area contributed by atoms with Crippen LogP contribution in [-0.4, -0.2) is 33.5 Å². The summed E-state index contributed by atoms with van der Waals surface area (Å²) in [7, 11) is 0. The number of carbonyl (C=O) groups is 2. The molecule has 0 saturated carbocycles. The van der Waals surface area contributed by atoms with Gasteiger partial charge in [-0.05, 0) is 34.1 Å². The molecule has 0 aliphatic heterocycles. The smallest absolute Gasteiger partial charge is 0.408 e. The summed E-state index contributed by atoms with van der Waals surface area (Å²) in [5.41, 5.74) is -0.543. The average molecular weight is 201 g/mol. The molecule has 0 aromatic rings. The Morgan fingerprint density at radius 3 is 1.86 bits per heavy atom. The number of rotatable bonds is 3. The van der Waals surface area contributed by atoms with E-state index in [0.29, 0.717) is 6.42 Å². The maximum atomic E-state index is 11.3. The number of carboxylic acid groups (broad SMARTS) is 1. The molecule has 1 atom stereocenters. The van der Waals surface area contributed by atoms with Crippen molar-refractivity contribution in [2.45, 2.75) is 52.6 Å². The lowest BCUT2D eigenvalue weighted by molar-refractivity contribution is -0.123. The van der Waals surface area contributed by atoms with Crippen molar-refractivity contribution < 1.29 is 14.7 Å². The highest BCUT2D eigenvalue weighted by Gasteiger charge is 2.34. The van der Waals surface area contributed by atoms with E-state index in [-0.39, 0.29) is 5.78 Å². The SMILES string of the molecule is CCC(C(C)=O)N(C(=O)O)C(C)(C)C. The van der Waals surface area contributed by atoms with E-state index >= 15 is 0 Å². The predicted molar refractivity (Wildman–Crippen MR) is 54.4 cm³/mol. The number of nitrogens with zero attached hydrogens (tertiary/aromatic N) is 1. The molecule has 0 radical (unpaired) electrons. The molecule has 1 unspecified atom stereocenters. The number of Topliss-reactive ketones (excluding diaryl/α,β-unsaturated/α-hetero) is 1. The van der Waals surface area contributed by atoms with E-state index in [1.54, 1.807) is 20.8 Å². The van der Waals surface area contributed by atoms with Crippen molar-refractivity contribution >= 4 is 11.9 Å². The predicted octanol–water partition coefficient (Wildman–Crippen LogP) is 2.13. The first-order chi connectivity index (χ1) is 6.21. The van der Waals surface area contributed by atoms with Crippen molar-refractivity contribution in [3.63, 3.8) is 0 Å². The van der Waals surface area contributed by atoms with E-state index < -0.39 is 17.7 Å². The van der Waals surface area contributed by atoms with Gasteiger partial charge >= 0.3 is 6.09 Å². The molecule has 1 amide bonds. The number of ketones is 1. The highest BCUT2D eigenvalue weighted by molar-refractivity contribution is 5.85. The Labute approximate surface area is 84.9 Å². The molecule has 0 aromatic heterocycles. The summed E-state index contributed by atoms with van der Waals surface area (Å²) in [4.78, 5) is 23.5. The monoisotopic (exact) mass is 201 g/mol. The fourth-order valence-corrected chi connectivity index (χ4v) is 1.54. The minimum absolute atomic E-state index is 0.107. The number of carbonyl (C=O) groups excluding carboxylic acids is 1. The van der Waals surface area contributed by atoms with Gasteiger partial charge in [0.25, 0.3) is 0 Å². The van der Waals surface area contributed by atoms with Crippen molar-refractivity contribution in [2.24, 2.45) is 0 Å². The lowest BCUT2D eigenvalue weighted by atomic mass is 10.00. The summed E-state index contributed by atoms with van der Waals surface area (Å²) in [5.74, 6) is -0.107. The quantitative estimate of drug-likeness (QED) is 0.761. The Morgan fingerprint density at radius 2 is 1.79 bits per heavy atom. The third-order valence-corrected chi connectivity index (χ3v) is 2.10. The number of amides is 1. The van der Waals surface area contributed by atoms with Gasteiger partial charge in [0.15, 0.2) is 5.78 Å². The zero-order valence-electron chi connectivity index (χ0n) is 9.50.